The van der Waals surface area contributed by atoms with Crippen LogP contribution in [0.15, 0.2) is 16.6 Å². The van der Waals surface area contributed by atoms with Crippen molar-refractivity contribution in [3.63, 3.8) is 0 Å². The Morgan fingerprint density at radius 3 is 2.15 bits per heavy atom. The van der Waals surface area contributed by atoms with Gasteiger partial charge in [-0.3, -0.25) is 19.4 Å². The number of nitrogens with one attached hydrogen (secondary N) is 1. The zero-order valence-corrected chi connectivity index (χ0v) is 17.2. The summed E-state index contributed by atoms with van der Waals surface area (Å²) in [5, 5.41) is 2.48. The Balaban J connectivity index is 1.80. The average molecular weight is 447 g/mol. The van der Waals surface area contributed by atoms with Crippen molar-refractivity contribution >= 4 is 33.4 Å². The van der Waals surface area contributed by atoms with Gasteiger partial charge in [0.05, 0.1) is 18.8 Å². The first-order valence-electron chi connectivity index (χ1n) is 9.00. The van der Waals surface area contributed by atoms with Gasteiger partial charge in [-0.1, -0.05) is 0 Å². The molecule has 1 saturated heterocycles. The van der Waals surface area contributed by atoms with Gasteiger partial charge in [-0.15, -0.1) is 0 Å². The first-order valence-corrected chi connectivity index (χ1v) is 9.80. The van der Waals surface area contributed by atoms with Crippen molar-refractivity contribution < 1.29 is 18.4 Å². The standard InChI is InChI=1S/C18H25BrF2N4O2/c1-3-25(4-2)17(27)12-24-7-5-23(6-8-24)11-16(26)22-18-14(19)9-13(20)10-15(18)21/h9-10H,3-8,11-12H2,1-2H3,(H,22,26). The van der Waals surface area contributed by atoms with Crippen LogP contribution in [0.25, 0.3) is 0 Å². The van der Waals surface area contributed by atoms with Gasteiger partial charge in [0, 0.05) is 49.8 Å². The topological polar surface area (TPSA) is 55.9 Å². The predicted octanol–water partition coefficient (Wildman–Crippen LogP) is 2.15. The summed E-state index contributed by atoms with van der Waals surface area (Å²) < 4.78 is 27.1. The highest BCUT2D eigenvalue weighted by atomic mass is 79.9. The van der Waals surface area contributed by atoms with Crippen molar-refractivity contribution in [3.05, 3.63) is 28.2 Å². The Kier molecular flexibility index (Phi) is 8.12. The molecule has 0 aromatic heterocycles. The number of rotatable bonds is 7. The van der Waals surface area contributed by atoms with Crippen molar-refractivity contribution in [1.82, 2.24) is 14.7 Å². The van der Waals surface area contributed by atoms with E-state index < -0.39 is 11.6 Å². The van der Waals surface area contributed by atoms with Gasteiger partial charge in [0.15, 0.2) is 5.82 Å². The molecule has 1 aromatic carbocycles. The minimum atomic E-state index is -0.824. The Morgan fingerprint density at radius 1 is 1.07 bits per heavy atom. The number of hydrogen-bond donors (Lipinski definition) is 1. The number of benzene rings is 1. The maximum absolute atomic E-state index is 13.8. The average Bonchev–Trinajstić information content (AvgIpc) is 2.61. The third-order valence-corrected chi connectivity index (χ3v) is 5.20. The fourth-order valence-corrected chi connectivity index (χ4v) is 3.52. The van der Waals surface area contributed by atoms with Crippen LogP contribution in [-0.4, -0.2) is 78.9 Å². The summed E-state index contributed by atoms with van der Waals surface area (Å²) in [6.45, 7) is 8.48. The highest BCUT2D eigenvalue weighted by Crippen LogP contribution is 2.26. The molecule has 1 heterocycles. The number of nitrogens with zero attached hydrogens (tertiary/aromatic N) is 3. The Morgan fingerprint density at radius 2 is 1.63 bits per heavy atom. The van der Waals surface area contributed by atoms with Crippen LogP contribution in [0.1, 0.15) is 13.8 Å². The molecule has 0 bridgehead atoms. The molecule has 0 unspecified atom stereocenters. The SMILES string of the molecule is CCN(CC)C(=O)CN1CCN(CC(=O)Nc2c(F)cc(F)cc2Br)CC1. The lowest BCUT2D eigenvalue weighted by molar-refractivity contribution is -0.132. The highest BCUT2D eigenvalue weighted by Gasteiger charge is 2.22. The second-order valence-corrected chi connectivity index (χ2v) is 7.27. The fraction of sp³-hybridized carbons (Fsp3) is 0.556. The normalized spacial score (nSPS) is 15.6. The molecule has 1 N–H and O–H groups in total. The van der Waals surface area contributed by atoms with Crippen LogP contribution < -0.4 is 5.32 Å². The monoisotopic (exact) mass is 446 g/mol. The van der Waals surface area contributed by atoms with Crippen molar-refractivity contribution in [2.45, 2.75) is 13.8 Å². The number of piperazine rings is 1. The second kappa shape index (κ2) is 10.1. The summed E-state index contributed by atoms with van der Waals surface area (Å²) in [6, 6.07) is 1.83. The van der Waals surface area contributed by atoms with E-state index in [4.69, 9.17) is 0 Å². The summed E-state index contributed by atoms with van der Waals surface area (Å²) >= 11 is 3.05. The number of anilines is 1. The van der Waals surface area contributed by atoms with Gasteiger partial charge in [-0.25, -0.2) is 8.78 Å². The van der Waals surface area contributed by atoms with E-state index in [0.29, 0.717) is 45.8 Å². The maximum Gasteiger partial charge on any atom is 0.238 e. The van der Waals surface area contributed by atoms with Crippen molar-refractivity contribution in [2.75, 3.05) is 57.7 Å². The number of halogens is 3. The molecular weight excluding hydrogens is 422 g/mol. The van der Waals surface area contributed by atoms with Crippen molar-refractivity contribution in [1.29, 1.82) is 0 Å². The number of amides is 2. The lowest BCUT2D eigenvalue weighted by Crippen LogP contribution is -2.51. The second-order valence-electron chi connectivity index (χ2n) is 6.41. The lowest BCUT2D eigenvalue weighted by atomic mass is 10.2. The zero-order valence-electron chi connectivity index (χ0n) is 15.6. The summed E-state index contributed by atoms with van der Waals surface area (Å²) in [5.74, 6) is -1.79. The third kappa shape index (κ3) is 6.22. The number of likely N-dealkylation sites (N-methyl/N-ethyl adjacent to an activating group) is 1. The Labute approximate surface area is 166 Å². The molecule has 1 aliphatic rings. The third-order valence-electron chi connectivity index (χ3n) is 4.58. The minimum Gasteiger partial charge on any atom is -0.342 e. The summed E-state index contributed by atoms with van der Waals surface area (Å²) in [6.07, 6.45) is 0. The quantitative estimate of drug-likeness (QED) is 0.696. The molecule has 0 radical (unpaired) electrons. The minimum absolute atomic E-state index is 0.0649. The van der Waals surface area contributed by atoms with E-state index in [0.717, 1.165) is 12.1 Å². The molecule has 6 nitrogen and oxygen atoms in total. The fourth-order valence-electron chi connectivity index (χ4n) is 3.02. The van der Waals surface area contributed by atoms with E-state index >= 15 is 0 Å². The molecular formula is C18H25BrF2N4O2. The van der Waals surface area contributed by atoms with Gasteiger partial charge in [0.2, 0.25) is 11.8 Å². The smallest absolute Gasteiger partial charge is 0.238 e. The van der Waals surface area contributed by atoms with E-state index in [-0.39, 0.29) is 28.5 Å². The molecule has 1 aliphatic heterocycles. The molecule has 1 aromatic rings. The first kappa shape index (κ1) is 21.7. The van der Waals surface area contributed by atoms with Crippen molar-refractivity contribution in [3.8, 4) is 0 Å². The molecule has 9 heteroatoms. The number of carbonyl (C=O) groups is 2. The highest BCUT2D eigenvalue weighted by molar-refractivity contribution is 9.10. The van der Waals surface area contributed by atoms with Crippen LogP contribution in [0.5, 0.6) is 0 Å². The number of carbonyl (C=O) groups excluding carboxylic acids is 2. The van der Waals surface area contributed by atoms with Gasteiger partial charge in [-0.05, 0) is 35.8 Å². The van der Waals surface area contributed by atoms with E-state index in [1.54, 1.807) is 4.90 Å². The van der Waals surface area contributed by atoms with Gasteiger partial charge in [0.25, 0.3) is 0 Å². The van der Waals surface area contributed by atoms with Crippen LogP contribution in [0, 0.1) is 11.6 Å². The Hall–Kier alpha value is -1.58. The van der Waals surface area contributed by atoms with Crippen LogP contribution in [0.2, 0.25) is 0 Å². The van der Waals surface area contributed by atoms with Gasteiger partial charge in [-0.2, -0.15) is 0 Å². The number of hydrogen-bond acceptors (Lipinski definition) is 4. The van der Waals surface area contributed by atoms with Crippen LogP contribution >= 0.6 is 15.9 Å². The molecule has 1 fully saturated rings. The lowest BCUT2D eigenvalue weighted by Gasteiger charge is -2.34. The molecule has 0 saturated carbocycles. The Bertz CT molecular complexity index is 654. The molecule has 2 rings (SSSR count). The maximum atomic E-state index is 13.8. The van der Waals surface area contributed by atoms with E-state index in [2.05, 4.69) is 26.1 Å². The summed E-state index contributed by atoms with van der Waals surface area (Å²) in [7, 11) is 0. The first-order chi connectivity index (χ1) is 12.8. The molecule has 2 amide bonds. The largest absolute Gasteiger partial charge is 0.342 e. The molecule has 150 valence electrons. The van der Waals surface area contributed by atoms with Crippen LogP contribution in [0.4, 0.5) is 14.5 Å². The van der Waals surface area contributed by atoms with Crippen molar-refractivity contribution in [2.24, 2.45) is 0 Å². The predicted molar refractivity (Wildman–Crippen MR) is 103 cm³/mol. The van der Waals surface area contributed by atoms with E-state index in [1.807, 2.05) is 18.7 Å². The molecule has 0 aliphatic carbocycles. The zero-order chi connectivity index (χ0) is 20.0. The van der Waals surface area contributed by atoms with E-state index in [1.165, 1.54) is 0 Å². The van der Waals surface area contributed by atoms with E-state index in [9.17, 15) is 18.4 Å². The molecule has 0 atom stereocenters. The van der Waals surface area contributed by atoms with Gasteiger partial charge >= 0.3 is 0 Å². The molecule has 27 heavy (non-hydrogen) atoms. The summed E-state index contributed by atoms with van der Waals surface area (Å²) in [4.78, 5) is 30.2. The van der Waals surface area contributed by atoms with Gasteiger partial charge in [0.1, 0.15) is 5.82 Å². The summed E-state index contributed by atoms with van der Waals surface area (Å²) in [5.41, 5.74) is -0.0649. The van der Waals surface area contributed by atoms with Crippen LogP contribution in [0.3, 0.4) is 0 Å². The van der Waals surface area contributed by atoms with Crippen LogP contribution in [-0.2, 0) is 9.59 Å². The van der Waals surface area contributed by atoms with Gasteiger partial charge < -0.3 is 10.2 Å². The molecule has 0 spiro atoms.